The maximum Gasteiger partial charge on any atom is 0.303 e. The van der Waals surface area contributed by atoms with Crippen LogP contribution in [0.4, 0.5) is 0 Å². The van der Waals surface area contributed by atoms with E-state index < -0.39 is 5.97 Å². The van der Waals surface area contributed by atoms with Crippen molar-refractivity contribution in [3.05, 3.63) is 29.8 Å². The highest BCUT2D eigenvalue weighted by molar-refractivity contribution is 5.68. The zero-order chi connectivity index (χ0) is 12.0. The number of rotatable bonds is 6. The van der Waals surface area contributed by atoms with Crippen molar-refractivity contribution in [1.82, 2.24) is 0 Å². The Balaban J connectivity index is 2.78. The molecule has 0 saturated carbocycles. The van der Waals surface area contributed by atoms with Gasteiger partial charge in [0.15, 0.2) is 0 Å². The van der Waals surface area contributed by atoms with Gasteiger partial charge in [-0.15, -0.1) is 0 Å². The summed E-state index contributed by atoms with van der Waals surface area (Å²) in [6.45, 7) is 2.08. The Morgan fingerprint density at radius 3 is 2.75 bits per heavy atom. The van der Waals surface area contributed by atoms with Gasteiger partial charge in [-0.3, -0.25) is 4.79 Å². The van der Waals surface area contributed by atoms with E-state index in [1.165, 1.54) is 0 Å². The number of carboxylic acids is 1. The van der Waals surface area contributed by atoms with Crippen molar-refractivity contribution in [3.63, 3.8) is 0 Å². The lowest BCUT2D eigenvalue weighted by molar-refractivity contribution is -0.137. The Bertz CT molecular complexity index is 347. The highest BCUT2D eigenvalue weighted by Crippen LogP contribution is 2.27. The summed E-state index contributed by atoms with van der Waals surface area (Å²) in [5.74, 6) is -0.585. The van der Waals surface area contributed by atoms with E-state index in [2.05, 4.69) is 6.92 Å². The van der Waals surface area contributed by atoms with E-state index in [9.17, 15) is 9.90 Å². The summed E-state index contributed by atoms with van der Waals surface area (Å²) in [5.41, 5.74) is 0.913. The lowest BCUT2D eigenvalue weighted by atomic mass is 9.90. The standard InChI is InChI=1S/C13H18O3/c1-2-3-5-11(9-13(15)16)10-6-4-7-12(14)8-10/h4,6-8,11,14H,2-3,5,9H2,1H3,(H,15,16)/t11-/m1/s1. The van der Waals surface area contributed by atoms with Crippen molar-refractivity contribution >= 4 is 5.97 Å². The van der Waals surface area contributed by atoms with Gasteiger partial charge in [0, 0.05) is 0 Å². The van der Waals surface area contributed by atoms with E-state index >= 15 is 0 Å². The average molecular weight is 222 g/mol. The molecule has 0 saturated heterocycles. The van der Waals surface area contributed by atoms with E-state index in [4.69, 9.17) is 5.11 Å². The normalized spacial score (nSPS) is 12.3. The van der Waals surface area contributed by atoms with Crippen LogP contribution in [0.25, 0.3) is 0 Å². The molecule has 0 aromatic heterocycles. The van der Waals surface area contributed by atoms with Gasteiger partial charge < -0.3 is 10.2 Å². The predicted octanol–water partition coefficient (Wildman–Crippen LogP) is 3.14. The minimum absolute atomic E-state index is 0.00421. The molecule has 3 nitrogen and oxygen atoms in total. The molecule has 0 aliphatic carbocycles. The van der Waals surface area contributed by atoms with Crippen LogP contribution in [0.3, 0.4) is 0 Å². The van der Waals surface area contributed by atoms with Gasteiger partial charge >= 0.3 is 5.97 Å². The maximum absolute atomic E-state index is 10.8. The molecule has 3 heteroatoms. The summed E-state index contributed by atoms with van der Waals surface area (Å²) >= 11 is 0. The summed E-state index contributed by atoms with van der Waals surface area (Å²) in [7, 11) is 0. The molecule has 0 spiro atoms. The summed E-state index contributed by atoms with van der Waals surface area (Å²) in [6.07, 6.45) is 3.04. The number of aliphatic carboxylic acids is 1. The largest absolute Gasteiger partial charge is 0.508 e. The predicted molar refractivity (Wildman–Crippen MR) is 62.6 cm³/mol. The number of benzene rings is 1. The molecular weight excluding hydrogens is 204 g/mol. The molecular formula is C13H18O3. The van der Waals surface area contributed by atoms with Crippen LogP contribution in [-0.2, 0) is 4.79 Å². The van der Waals surface area contributed by atoms with Gasteiger partial charge in [0.05, 0.1) is 6.42 Å². The van der Waals surface area contributed by atoms with Crippen molar-refractivity contribution in [1.29, 1.82) is 0 Å². The first-order valence-electron chi connectivity index (χ1n) is 5.64. The zero-order valence-corrected chi connectivity index (χ0v) is 9.52. The van der Waals surface area contributed by atoms with Crippen LogP contribution in [0.5, 0.6) is 5.75 Å². The summed E-state index contributed by atoms with van der Waals surface area (Å²) < 4.78 is 0. The van der Waals surface area contributed by atoms with Crippen LogP contribution in [-0.4, -0.2) is 16.2 Å². The second-order valence-electron chi connectivity index (χ2n) is 4.03. The third-order valence-electron chi connectivity index (χ3n) is 2.67. The molecule has 0 aliphatic rings. The van der Waals surface area contributed by atoms with E-state index in [1.54, 1.807) is 18.2 Å². The Morgan fingerprint density at radius 2 is 2.19 bits per heavy atom. The monoisotopic (exact) mass is 222 g/mol. The molecule has 0 fully saturated rings. The van der Waals surface area contributed by atoms with Crippen molar-refractivity contribution in [2.24, 2.45) is 0 Å². The number of carbonyl (C=O) groups is 1. The highest BCUT2D eigenvalue weighted by atomic mass is 16.4. The van der Waals surface area contributed by atoms with Crippen LogP contribution in [0.2, 0.25) is 0 Å². The summed E-state index contributed by atoms with van der Waals surface area (Å²) in [6, 6.07) is 6.89. The third-order valence-corrected chi connectivity index (χ3v) is 2.67. The van der Waals surface area contributed by atoms with Gasteiger partial charge in [-0.1, -0.05) is 31.9 Å². The van der Waals surface area contributed by atoms with Gasteiger partial charge in [0.25, 0.3) is 0 Å². The molecule has 0 aliphatic heterocycles. The van der Waals surface area contributed by atoms with Crippen LogP contribution >= 0.6 is 0 Å². The molecule has 1 atom stereocenters. The Morgan fingerprint density at radius 1 is 1.44 bits per heavy atom. The first-order chi connectivity index (χ1) is 7.63. The lowest BCUT2D eigenvalue weighted by Gasteiger charge is -2.15. The first-order valence-corrected chi connectivity index (χ1v) is 5.64. The molecule has 16 heavy (non-hydrogen) atoms. The summed E-state index contributed by atoms with van der Waals surface area (Å²) in [5, 5.41) is 18.2. The maximum atomic E-state index is 10.8. The molecule has 0 unspecified atom stereocenters. The smallest absolute Gasteiger partial charge is 0.303 e. The fraction of sp³-hybridized carbons (Fsp3) is 0.462. The topological polar surface area (TPSA) is 57.5 Å². The SMILES string of the molecule is CCCC[C@H](CC(=O)O)c1cccc(O)c1. The molecule has 1 aromatic rings. The second-order valence-corrected chi connectivity index (χ2v) is 4.03. The fourth-order valence-corrected chi connectivity index (χ4v) is 1.83. The molecule has 1 rings (SSSR count). The number of hydrogen-bond acceptors (Lipinski definition) is 2. The van der Waals surface area contributed by atoms with Crippen molar-refractivity contribution in [2.75, 3.05) is 0 Å². The second kappa shape index (κ2) is 6.16. The van der Waals surface area contributed by atoms with Crippen molar-refractivity contribution in [3.8, 4) is 5.75 Å². The van der Waals surface area contributed by atoms with Gasteiger partial charge in [-0.25, -0.2) is 0 Å². The van der Waals surface area contributed by atoms with Crippen LogP contribution in [0.15, 0.2) is 24.3 Å². The van der Waals surface area contributed by atoms with E-state index in [0.717, 1.165) is 24.8 Å². The Labute approximate surface area is 95.7 Å². The highest BCUT2D eigenvalue weighted by Gasteiger charge is 2.15. The molecule has 2 N–H and O–H groups in total. The van der Waals surface area contributed by atoms with Gasteiger partial charge in [0.1, 0.15) is 5.75 Å². The van der Waals surface area contributed by atoms with E-state index in [-0.39, 0.29) is 18.1 Å². The van der Waals surface area contributed by atoms with Crippen LogP contribution < -0.4 is 0 Å². The van der Waals surface area contributed by atoms with Gasteiger partial charge in [0.2, 0.25) is 0 Å². The van der Waals surface area contributed by atoms with E-state index in [1.807, 2.05) is 6.07 Å². The number of phenolic OH excluding ortho intramolecular Hbond substituents is 1. The molecule has 0 amide bonds. The minimum atomic E-state index is -0.788. The van der Waals surface area contributed by atoms with Gasteiger partial charge in [-0.2, -0.15) is 0 Å². The average Bonchev–Trinajstić information content (AvgIpc) is 2.23. The molecule has 0 bridgehead atoms. The third kappa shape index (κ3) is 3.93. The Kier molecular flexibility index (Phi) is 4.83. The zero-order valence-electron chi connectivity index (χ0n) is 9.52. The number of unbranched alkanes of at least 4 members (excludes halogenated alkanes) is 1. The van der Waals surface area contributed by atoms with Crippen LogP contribution in [0.1, 0.15) is 44.1 Å². The van der Waals surface area contributed by atoms with Crippen molar-refractivity contribution < 1.29 is 15.0 Å². The molecule has 0 heterocycles. The number of aromatic hydroxyl groups is 1. The molecule has 1 aromatic carbocycles. The van der Waals surface area contributed by atoms with Crippen LogP contribution in [0, 0.1) is 0 Å². The molecule has 88 valence electrons. The number of phenols is 1. The lowest BCUT2D eigenvalue weighted by Crippen LogP contribution is -2.06. The molecule has 0 radical (unpaired) electrons. The number of hydrogen-bond donors (Lipinski definition) is 2. The number of carboxylic acid groups (broad SMARTS) is 1. The van der Waals surface area contributed by atoms with Gasteiger partial charge in [-0.05, 0) is 30.0 Å². The minimum Gasteiger partial charge on any atom is -0.508 e. The fourth-order valence-electron chi connectivity index (χ4n) is 1.83. The first kappa shape index (κ1) is 12.6. The van der Waals surface area contributed by atoms with Crippen molar-refractivity contribution in [2.45, 2.75) is 38.5 Å². The quantitative estimate of drug-likeness (QED) is 0.777. The Hall–Kier alpha value is -1.51. The van der Waals surface area contributed by atoms with E-state index in [0.29, 0.717) is 0 Å². The summed E-state index contributed by atoms with van der Waals surface area (Å²) in [4.78, 5) is 10.8.